The van der Waals surface area contributed by atoms with Crippen LogP contribution in [0.25, 0.3) is 0 Å². The number of hydrogen-bond acceptors (Lipinski definition) is 3. The summed E-state index contributed by atoms with van der Waals surface area (Å²) in [6, 6.07) is 0. The highest BCUT2D eigenvalue weighted by atomic mass is 16.5. The molecule has 110 valence electrons. The van der Waals surface area contributed by atoms with Crippen LogP contribution in [0, 0.1) is 11.8 Å². The first-order valence-corrected chi connectivity index (χ1v) is 8.23. The van der Waals surface area contributed by atoms with Crippen molar-refractivity contribution < 1.29 is 4.74 Å². The zero-order chi connectivity index (χ0) is 13.3. The van der Waals surface area contributed by atoms with Crippen LogP contribution >= 0.6 is 0 Å². The standard InChI is InChI=1S/C16H30N2O/c1-19-15-3-2-8-16(9-15,12-17)18(10-13-4-5-13)11-14-6-7-14/h13-15H,2-12,17H2,1H3. The third-order valence-corrected chi connectivity index (χ3v) is 5.51. The van der Waals surface area contributed by atoms with E-state index < -0.39 is 0 Å². The Hall–Kier alpha value is -0.120. The molecule has 0 spiro atoms. The smallest absolute Gasteiger partial charge is 0.0589 e. The maximum absolute atomic E-state index is 6.25. The minimum absolute atomic E-state index is 0.240. The van der Waals surface area contributed by atoms with Gasteiger partial charge in [-0.2, -0.15) is 0 Å². The lowest BCUT2D eigenvalue weighted by Gasteiger charge is -2.48. The Morgan fingerprint density at radius 3 is 2.21 bits per heavy atom. The molecule has 19 heavy (non-hydrogen) atoms. The van der Waals surface area contributed by atoms with Crippen molar-refractivity contribution >= 4 is 0 Å². The first-order chi connectivity index (χ1) is 9.25. The first kappa shape index (κ1) is 13.8. The van der Waals surface area contributed by atoms with Crippen LogP contribution < -0.4 is 5.73 Å². The highest BCUT2D eigenvalue weighted by molar-refractivity contribution is 5.00. The molecule has 0 aliphatic heterocycles. The van der Waals surface area contributed by atoms with Crippen LogP contribution in [0.1, 0.15) is 51.4 Å². The van der Waals surface area contributed by atoms with Gasteiger partial charge in [-0.1, -0.05) is 0 Å². The number of hydrogen-bond donors (Lipinski definition) is 1. The molecule has 2 unspecified atom stereocenters. The lowest BCUT2D eigenvalue weighted by Crippen LogP contribution is -2.58. The van der Waals surface area contributed by atoms with Crippen LogP contribution in [-0.4, -0.2) is 43.3 Å². The molecule has 3 heteroatoms. The van der Waals surface area contributed by atoms with Crippen molar-refractivity contribution in [3.05, 3.63) is 0 Å². The zero-order valence-electron chi connectivity index (χ0n) is 12.4. The van der Waals surface area contributed by atoms with Gasteiger partial charge in [-0.25, -0.2) is 0 Å². The van der Waals surface area contributed by atoms with Crippen molar-refractivity contribution in [1.29, 1.82) is 0 Å². The Labute approximate surface area is 117 Å². The quantitative estimate of drug-likeness (QED) is 0.769. The first-order valence-electron chi connectivity index (χ1n) is 8.23. The van der Waals surface area contributed by atoms with Gasteiger partial charge in [0.15, 0.2) is 0 Å². The number of nitrogens with zero attached hydrogens (tertiary/aromatic N) is 1. The molecular formula is C16H30N2O. The van der Waals surface area contributed by atoms with E-state index in [4.69, 9.17) is 10.5 Å². The Morgan fingerprint density at radius 2 is 1.74 bits per heavy atom. The molecule has 3 rings (SSSR count). The van der Waals surface area contributed by atoms with Crippen LogP contribution in [0.3, 0.4) is 0 Å². The summed E-state index contributed by atoms with van der Waals surface area (Å²) in [5.74, 6) is 1.93. The average Bonchev–Trinajstić information content (AvgIpc) is 3.33. The molecule has 0 aromatic rings. The van der Waals surface area contributed by atoms with E-state index in [1.807, 2.05) is 7.11 Å². The highest BCUT2D eigenvalue weighted by Gasteiger charge is 2.43. The van der Waals surface area contributed by atoms with Crippen LogP contribution in [-0.2, 0) is 4.74 Å². The molecular weight excluding hydrogens is 236 g/mol. The molecule has 2 N–H and O–H groups in total. The molecule has 2 atom stereocenters. The molecule has 3 aliphatic rings. The lowest BCUT2D eigenvalue weighted by atomic mass is 9.78. The van der Waals surface area contributed by atoms with Crippen molar-refractivity contribution in [3.63, 3.8) is 0 Å². The van der Waals surface area contributed by atoms with Crippen LogP contribution in [0.4, 0.5) is 0 Å². The van der Waals surface area contributed by atoms with Crippen molar-refractivity contribution in [2.24, 2.45) is 17.6 Å². The molecule has 3 nitrogen and oxygen atoms in total. The topological polar surface area (TPSA) is 38.5 Å². The highest BCUT2D eigenvalue weighted by Crippen LogP contribution is 2.41. The van der Waals surface area contributed by atoms with Gasteiger partial charge in [-0.15, -0.1) is 0 Å². The van der Waals surface area contributed by atoms with E-state index in [1.165, 1.54) is 58.0 Å². The second-order valence-electron chi connectivity index (χ2n) is 7.17. The third kappa shape index (κ3) is 3.32. The van der Waals surface area contributed by atoms with E-state index in [9.17, 15) is 0 Å². The Kier molecular flexibility index (Phi) is 4.16. The van der Waals surface area contributed by atoms with Crippen LogP contribution in [0.2, 0.25) is 0 Å². The maximum Gasteiger partial charge on any atom is 0.0589 e. The molecule has 0 radical (unpaired) electrons. The van der Waals surface area contributed by atoms with Gasteiger partial charge in [0.25, 0.3) is 0 Å². The fraction of sp³-hybridized carbons (Fsp3) is 1.00. The van der Waals surface area contributed by atoms with Gasteiger partial charge in [-0.05, 0) is 63.2 Å². The van der Waals surface area contributed by atoms with E-state index in [2.05, 4.69) is 4.90 Å². The fourth-order valence-corrected chi connectivity index (χ4v) is 3.78. The SMILES string of the molecule is COC1CCCC(CN)(N(CC2CC2)CC2CC2)C1. The summed E-state index contributed by atoms with van der Waals surface area (Å²) in [6.07, 6.45) is 11.1. The van der Waals surface area contributed by atoms with E-state index in [-0.39, 0.29) is 5.54 Å². The van der Waals surface area contributed by atoms with Crippen molar-refractivity contribution in [1.82, 2.24) is 4.90 Å². The third-order valence-electron chi connectivity index (χ3n) is 5.51. The lowest BCUT2D eigenvalue weighted by molar-refractivity contribution is -0.0258. The molecule has 0 saturated heterocycles. The summed E-state index contributed by atoms with van der Waals surface area (Å²) in [4.78, 5) is 2.79. The van der Waals surface area contributed by atoms with E-state index in [1.54, 1.807) is 0 Å². The Balaban J connectivity index is 1.70. The molecule has 3 saturated carbocycles. The van der Waals surface area contributed by atoms with Gasteiger partial charge in [0, 0.05) is 32.3 Å². The number of nitrogens with two attached hydrogens (primary N) is 1. The summed E-state index contributed by atoms with van der Waals surface area (Å²) in [6.45, 7) is 3.40. The number of methoxy groups -OCH3 is 1. The van der Waals surface area contributed by atoms with Gasteiger partial charge >= 0.3 is 0 Å². The van der Waals surface area contributed by atoms with Gasteiger partial charge < -0.3 is 10.5 Å². The van der Waals surface area contributed by atoms with Crippen LogP contribution in [0.15, 0.2) is 0 Å². The maximum atomic E-state index is 6.25. The zero-order valence-corrected chi connectivity index (χ0v) is 12.4. The second-order valence-corrected chi connectivity index (χ2v) is 7.17. The van der Waals surface area contributed by atoms with Gasteiger partial charge in [0.05, 0.1) is 6.10 Å². The normalized spacial score (nSPS) is 35.8. The summed E-state index contributed by atoms with van der Waals surface area (Å²) in [5, 5.41) is 0. The van der Waals surface area contributed by atoms with E-state index in [0.717, 1.165) is 24.8 Å². The number of ether oxygens (including phenoxy) is 1. The Bertz CT molecular complexity index is 287. The molecule has 3 aliphatic carbocycles. The van der Waals surface area contributed by atoms with Crippen molar-refractivity contribution in [3.8, 4) is 0 Å². The molecule has 0 bridgehead atoms. The molecule has 0 heterocycles. The fourth-order valence-electron chi connectivity index (χ4n) is 3.78. The average molecular weight is 266 g/mol. The summed E-state index contributed by atoms with van der Waals surface area (Å²) in [5.41, 5.74) is 6.49. The predicted molar refractivity (Wildman–Crippen MR) is 78.1 cm³/mol. The molecule has 0 aromatic carbocycles. The number of rotatable bonds is 7. The minimum atomic E-state index is 0.240. The molecule has 0 amide bonds. The van der Waals surface area contributed by atoms with Gasteiger partial charge in [-0.3, -0.25) is 4.90 Å². The summed E-state index contributed by atoms with van der Waals surface area (Å²) < 4.78 is 5.66. The Morgan fingerprint density at radius 1 is 1.11 bits per heavy atom. The van der Waals surface area contributed by atoms with Crippen LogP contribution in [0.5, 0.6) is 0 Å². The summed E-state index contributed by atoms with van der Waals surface area (Å²) in [7, 11) is 1.86. The largest absolute Gasteiger partial charge is 0.381 e. The predicted octanol–water partition coefficient (Wildman–Crippen LogP) is 2.39. The summed E-state index contributed by atoms with van der Waals surface area (Å²) >= 11 is 0. The monoisotopic (exact) mass is 266 g/mol. The second kappa shape index (κ2) is 5.71. The van der Waals surface area contributed by atoms with Gasteiger partial charge in [0.1, 0.15) is 0 Å². The van der Waals surface area contributed by atoms with Crippen molar-refractivity contribution in [2.45, 2.75) is 63.0 Å². The van der Waals surface area contributed by atoms with Gasteiger partial charge in [0.2, 0.25) is 0 Å². The minimum Gasteiger partial charge on any atom is -0.381 e. The molecule has 0 aromatic heterocycles. The van der Waals surface area contributed by atoms with E-state index >= 15 is 0 Å². The van der Waals surface area contributed by atoms with Crippen molar-refractivity contribution in [2.75, 3.05) is 26.7 Å². The van der Waals surface area contributed by atoms with E-state index in [0.29, 0.717) is 6.10 Å². The molecule has 3 fully saturated rings.